The van der Waals surface area contributed by atoms with Crippen molar-refractivity contribution in [3.63, 3.8) is 0 Å². The van der Waals surface area contributed by atoms with Crippen molar-refractivity contribution < 1.29 is 14.9 Å². The first-order chi connectivity index (χ1) is 12.1. The molecule has 4 nitrogen and oxygen atoms in total. The smallest absolute Gasteiger partial charge is 0.153 e. The molecular weight excluding hydrogens is 326 g/mol. The van der Waals surface area contributed by atoms with Gasteiger partial charge in [-0.15, -0.1) is 0 Å². The predicted molar refractivity (Wildman–Crippen MR) is 97.1 cm³/mol. The molecule has 1 spiro atoms. The van der Waals surface area contributed by atoms with Gasteiger partial charge in [0, 0.05) is 5.41 Å². The van der Waals surface area contributed by atoms with Crippen molar-refractivity contribution in [1.82, 2.24) is 0 Å². The Kier molecular flexibility index (Phi) is 2.95. The number of hydrogen-bond acceptors (Lipinski definition) is 4. The molecule has 1 saturated heterocycles. The molecule has 0 aromatic carbocycles. The zero-order chi connectivity index (χ0) is 18.8. The molecule has 0 bridgehead atoms. The number of ether oxygens (including phenoxy) is 1. The number of allylic oxidation sites excluding steroid dienone is 1. The summed E-state index contributed by atoms with van der Waals surface area (Å²) in [6, 6.07) is 2.26. The largest absolute Gasteiger partial charge is 0.508 e. The first-order valence-electron chi connectivity index (χ1n) is 10.3. The van der Waals surface area contributed by atoms with Gasteiger partial charge < -0.3 is 14.9 Å². The van der Waals surface area contributed by atoms with Gasteiger partial charge in [0.2, 0.25) is 0 Å². The number of aliphatic hydroxyl groups excluding tert-OH is 1. The zero-order valence-electron chi connectivity index (χ0n) is 16.4. The molecule has 142 valence electrons. The number of fused-ring (bicyclic) bond motifs is 4. The van der Waals surface area contributed by atoms with E-state index < -0.39 is 11.2 Å². The molecule has 0 aromatic rings. The summed E-state index contributed by atoms with van der Waals surface area (Å²) in [5, 5.41) is 31.3. The first-order valence-corrected chi connectivity index (χ1v) is 10.3. The zero-order valence-corrected chi connectivity index (χ0v) is 16.4. The van der Waals surface area contributed by atoms with Crippen LogP contribution < -0.4 is 0 Å². The number of aliphatic hydroxyl groups is 2. The Balaban J connectivity index is 1.57. The Morgan fingerprint density at radius 3 is 2.35 bits per heavy atom. The van der Waals surface area contributed by atoms with Crippen molar-refractivity contribution in [2.45, 2.75) is 89.4 Å². The lowest BCUT2D eigenvalue weighted by atomic mass is 9.43. The Morgan fingerprint density at radius 2 is 1.65 bits per heavy atom. The average molecular weight is 357 g/mol. The van der Waals surface area contributed by atoms with E-state index >= 15 is 0 Å². The van der Waals surface area contributed by atoms with Crippen LogP contribution in [0.1, 0.15) is 72.6 Å². The van der Waals surface area contributed by atoms with E-state index in [9.17, 15) is 15.5 Å². The Bertz CT molecular complexity index is 766. The highest BCUT2D eigenvalue weighted by atomic mass is 16.6. The summed E-state index contributed by atoms with van der Waals surface area (Å²) in [4.78, 5) is 0. The van der Waals surface area contributed by atoms with Crippen LogP contribution in [-0.4, -0.2) is 27.0 Å². The lowest BCUT2D eigenvalue weighted by Crippen LogP contribution is -2.60. The van der Waals surface area contributed by atoms with Gasteiger partial charge in [0.25, 0.3) is 0 Å². The highest BCUT2D eigenvalue weighted by Gasteiger charge is 2.82. The molecule has 0 radical (unpaired) electrons. The quantitative estimate of drug-likeness (QED) is 0.636. The van der Waals surface area contributed by atoms with Crippen molar-refractivity contribution in [3.05, 3.63) is 11.3 Å². The van der Waals surface area contributed by atoms with Crippen molar-refractivity contribution in [3.8, 4) is 6.07 Å². The number of nitriles is 1. The predicted octanol–water partition coefficient (Wildman–Crippen LogP) is 4.25. The summed E-state index contributed by atoms with van der Waals surface area (Å²) in [6.07, 6.45) is 6.85. The van der Waals surface area contributed by atoms with Crippen LogP contribution in [0.4, 0.5) is 0 Å². The molecule has 3 saturated carbocycles. The second kappa shape index (κ2) is 4.50. The molecule has 5 aliphatic rings. The fourth-order valence-corrected chi connectivity index (χ4v) is 8.30. The summed E-state index contributed by atoms with van der Waals surface area (Å²) in [5.74, 6) is 1.83. The van der Waals surface area contributed by atoms with Crippen LogP contribution in [0.5, 0.6) is 0 Å². The van der Waals surface area contributed by atoms with Crippen LogP contribution in [0.25, 0.3) is 0 Å². The number of epoxide rings is 1. The number of nitrogens with zero attached hydrogens (tertiary/aromatic N) is 1. The molecule has 0 amide bonds. The monoisotopic (exact) mass is 357 g/mol. The summed E-state index contributed by atoms with van der Waals surface area (Å²) in [6.45, 7) is 8.63. The van der Waals surface area contributed by atoms with Gasteiger partial charge in [0.05, 0.1) is 17.2 Å². The van der Waals surface area contributed by atoms with Crippen molar-refractivity contribution in [2.75, 3.05) is 0 Å². The molecule has 1 aliphatic heterocycles. The maximum absolute atomic E-state index is 11.0. The molecular formula is C22H31NO3. The maximum atomic E-state index is 11.0. The van der Waals surface area contributed by atoms with Gasteiger partial charge in [-0.1, -0.05) is 13.8 Å². The lowest BCUT2D eigenvalue weighted by molar-refractivity contribution is -0.143. The molecule has 4 aliphatic carbocycles. The van der Waals surface area contributed by atoms with Crippen molar-refractivity contribution in [1.29, 1.82) is 5.26 Å². The van der Waals surface area contributed by atoms with E-state index in [-0.39, 0.29) is 22.2 Å². The van der Waals surface area contributed by atoms with E-state index in [0.717, 1.165) is 38.5 Å². The fraction of sp³-hybridized carbons (Fsp3) is 0.864. The van der Waals surface area contributed by atoms with Crippen molar-refractivity contribution in [2.24, 2.45) is 28.6 Å². The Hall–Kier alpha value is -1.05. The molecule has 1 heterocycles. The summed E-state index contributed by atoms with van der Waals surface area (Å²) in [5.41, 5.74) is -1.11. The molecule has 4 heteroatoms. The highest BCUT2D eigenvalue weighted by Crippen LogP contribution is 2.77. The SMILES string of the molecule is CC1(O)CCC2C3CCC45OC4(C)C(O)=C(C#N)CC5(C)C3CCC21C. The Labute approximate surface area is 156 Å². The van der Waals surface area contributed by atoms with E-state index in [1.807, 2.05) is 13.8 Å². The second-order valence-electron chi connectivity index (χ2n) is 10.7. The van der Waals surface area contributed by atoms with E-state index in [1.165, 1.54) is 0 Å². The summed E-state index contributed by atoms with van der Waals surface area (Å²) < 4.78 is 6.32. The number of hydrogen-bond donors (Lipinski definition) is 2. The van der Waals surface area contributed by atoms with Gasteiger partial charge in [-0.25, -0.2) is 0 Å². The van der Waals surface area contributed by atoms with Gasteiger partial charge in [-0.05, 0) is 82.0 Å². The standard InChI is InChI=1S/C22H31NO3/c1-18-8-6-16-14(15(18)7-9-20(18,3)25)5-10-22-19(16,2)11-13(12-23)17(24)21(22,4)26-22/h14-16,24-25H,5-11H2,1-4H3. The maximum Gasteiger partial charge on any atom is 0.153 e. The van der Waals surface area contributed by atoms with E-state index in [1.54, 1.807) is 0 Å². The third-order valence-corrected chi connectivity index (χ3v) is 10.1. The van der Waals surface area contributed by atoms with Crippen LogP contribution in [0.15, 0.2) is 11.3 Å². The lowest BCUT2D eigenvalue weighted by Gasteiger charge is -2.60. The Morgan fingerprint density at radius 1 is 1.00 bits per heavy atom. The first kappa shape index (κ1) is 17.1. The average Bonchev–Trinajstić information content (AvgIpc) is 3.14. The minimum absolute atomic E-state index is 0.00739. The molecule has 4 fully saturated rings. The van der Waals surface area contributed by atoms with Gasteiger partial charge >= 0.3 is 0 Å². The van der Waals surface area contributed by atoms with Crippen LogP contribution in [0.2, 0.25) is 0 Å². The van der Waals surface area contributed by atoms with E-state index in [4.69, 9.17) is 4.74 Å². The summed E-state index contributed by atoms with van der Waals surface area (Å²) in [7, 11) is 0. The molecule has 8 atom stereocenters. The molecule has 5 rings (SSSR count). The molecule has 2 N–H and O–H groups in total. The van der Waals surface area contributed by atoms with Crippen molar-refractivity contribution >= 4 is 0 Å². The third kappa shape index (κ3) is 1.53. The second-order valence-corrected chi connectivity index (χ2v) is 10.7. The molecule has 26 heavy (non-hydrogen) atoms. The molecule has 8 unspecified atom stereocenters. The van der Waals surface area contributed by atoms with Crippen LogP contribution in [-0.2, 0) is 4.74 Å². The van der Waals surface area contributed by atoms with Crippen LogP contribution >= 0.6 is 0 Å². The van der Waals surface area contributed by atoms with E-state index in [2.05, 4.69) is 19.9 Å². The molecule has 0 aromatic heterocycles. The minimum atomic E-state index is -0.669. The normalized spacial score (nSPS) is 60.4. The van der Waals surface area contributed by atoms with Gasteiger partial charge in [0.1, 0.15) is 11.4 Å². The van der Waals surface area contributed by atoms with E-state index in [0.29, 0.717) is 29.7 Å². The van der Waals surface area contributed by atoms with Gasteiger partial charge in [-0.3, -0.25) is 0 Å². The topological polar surface area (TPSA) is 76.8 Å². The van der Waals surface area contributed by atoms with Crippen LogP contribution in [0, 0.1) is 39.9 Å². The van der Waals surface area contributed by atoms with Crippen LogP contribution in [0.3, 0.4) is 0 Å². The van der Waals surface area contributed by atoms with Gasteiger partial charge in [-0.2, -0.15) is 5.26 Å². The summed E-state index contributed by atoms with van der Waals surface area (Å²) >= 11 is 0. The highest BCUT2D eigenvalue weighted by molar-refractivity contribution is 5.46. The fourth-order valence-electron chi connectivity index (χ4n) is 8.30. The van der Waals surface area contributed by atoms with Gasteiger partial charge in [0.15, 0.2) is 5.60 Å². The third-order valence-electron chi connectivity index (χ3n) is 10.1. The number of rotatable bonds is 0. The minimum Gasteiger partial charge on any atom is -0.508 e.